The number of nitrogens with zero attached hydrogens (tertiary/aromatic N) is 1. The van der Waals surface area contributed by atoms with Gasteiger partial charge < -0.3 is 5.32 Å². The Labute approximate surface area is 144 Å². The van der Waals surface area contributed by atoms with Gasteiger partial charge in [-0.15, -0.1) is 0 Å². The number of aromatic nitrogens is 1. The number of hydrogen-bond donors (Lipinski definition) is 1. The average molecular weight is 326 g/mol. The third kappa shape index (κ3) is 3.84. The first-order valence-corrected chi connectivity index (χ1v) is 8.96. The summed E-state index contributed by atoms with van der Waals surface area (Å²) in [7, 11) is 0. The van der Waals surface area contributed by atoms with Crippen LogP contribution in [0, 0.1) is 5.82 Å². The molecule has 2 atom stereocenters. The zero-order chi connectivity index (χ0) is 17.0. The van der Waals surface area contributed by atoms with Gasteiger partial charge in [0.25, 0.3) is 0 Å². The Balaban J connectivity index is 1.68. The van der Waals surface area contributed by atoms with Gasteiger partial charge in [-0.1, -0.05) is 31.2 Å². The van der Waals surface area contributed by atoms with E-state index in [0.717, 1.165) is 44.1 Å². The molecule has 0 radical (unpaired) electrons. The molecular weight excluding hydrogens is 299 g/mol. The van der Waals surface area contributed by atoms with Gasteiger partial charge in [0.05, 0.1) is 0 Å². The summed E-state index contributed by atoms with van der Waals surface area (Å²) in [5.74, 6) is -0.0870. The van der Waals surface area contributed by atoms with Crippen molar-refractivity contribution in [2.24, 2.45) is 0 Å². The Morgan fingerprint density at radius 2 is 2.00 bits per heavy atom. The van der Waals surface area contributed by atoms with Crippen LogP contribution in [0.15, 0.2) is 48.8 Å². The van der Waals surface area contributed by atoms with Crippen LogP contribution >= 0.6 is 0 Å². The van der Waals surface area contributed by atoms with Crippen molar-refractivity contribution in [3.8, 4) is 0 Å². The first kappa shape index (κ1) is 17.1. The van der Waals surface area contributed by atoms with Gasteiger partial charge in [-0.2, -0.15) is 0 Å². The van der Waals surface area contributed by atoms with E-state index in [2.05, 4.69) is 30.2 Å². The molecule has 24 heavy (non-hydrogen) atoms. The van der Waals surface area contributed by atoms with E-state index in [1.807, 2.05) is 30.6 Å². The Morgan fingerprint density at radius 1 is 1.17 bits per heavy atom. The normalized spacial score (nSPS) is 26.6. The van der Waals surface area contributed by atoms with Gasteiger partial charge in [-0.25, -0.2) is 4.39 Å². The molecule has 0 aliphatic carbocycles. The van der Waals surface area contributed by atoms with Gasteiger partial charge in [0.15, 0.2) is 0 Å². The van der Waals surface area contributed by atoms with Crippen LogP contribution in [0.2, 0.25) is 0 Å². The summed E-state index contributed by atoms with van der Waals surface area (Å²) in [6.45, 7) is 4.52. The summed E-state index contributed by atoms with van der Waals surface area (Å²) in [6, 6.07) is 11.3. The maximum atomic E-state index is 14.1. The van der Waals surface area contributed by atoms with Crippen molar-refractivity contribution in [3.63, 3.8) is 0 Å². The molecule has 1 aromatic heterocycles. The minimum Gasteiger partial charge on any atom is -0.306 e. The van der Waals surface area contributed by atoms with Gasteiger partial charge in [0, 0.05) is 23.5 Å². The van der Waals surface area contributed by atoms with Gasteiger partial charge in [-0.05, 0) is 68.7 Å². The summed E-state index contributed by atoms with van der Waals surface area (Å²) in [5.41, 5.74) is 2.22. The lowest BCUT2D eigenvalue weighted by Crippen LogP contribution is -2.50. The lowest BCUT2D eigenvalue weighted by Gasteiger charge is -2.34. The second-order valence-electron chi connectivity index (χ2n) is 7.45. The van der Waals surface area contributed by atoms with Crippen LogP contribution in [0.4, 0.5) is 4.39 Å². The fourth-order valence-corrected chi connectivity index (χ4v) is 3.96. The van der Waals surface area contributed by atoms with E-state index in [1.165, 1.54) is 5.56 Å². The molecule has 3 heteroatoms. The third-order valence-electron chi connectivity index (χ3n) is 5.57. The molecule has 2 nitrogen and oxygen atoms in total. The molecule has 1 aliphatic rings. The number of nitrogens with one attached hydrogen (secondary N) is 1. The Kier molecular flexibility index (Phi) is 5.00. The monoisotopic (exact) mass is 326 g/mol. The highest BCUT2D eigenvalue weighted by atomic mass is 19.1. The van der Waals surface area contributed by atoms with Crippen LogP contribution in [0.1, 0.15) is 50.7 Å². The zero-order valence-corrected chi connectivity index (χ0v) is 14.7. The fraction of sp³-hybridized carbons (Fsp3) is 0.476. The van der Waals surface area contributed by atoms with Crippen molar-refractivity contribution in [2.45, 2.75) is 63.5 Å². The highest BCUT2D eigenvalue weighted by Gasteiger charge is 2.43. The molecule has 1 N–H and O–H groups in total. The van der Waals surface area contributed by atoms with Crippen molar-refractivity contribution in [1.29, 1.82) is 0 Å². The van der Waals surface area contributed by atoms with Gasteiger partial charge >= 0.3 is 0 Å². The number of benzene rings is 1. The van der Waals surface area contributed by atoms with E-state index in [4.69, 9.17) is 0 Å². The predicted octanol–water partition coefficient (Wildman–Crippen LogP) is 4.69. The molecule has 1 fully saturated rings. The number of hydrogen-bond acceptors (Lipinski definition) is 2. The Bertz CT molecular complexity index is 673. The Morgan fingerprint density at radius 3 is 2.71 bits per heavy atom. The largest absolute Gasteiger partial charge is 0.306 e. The molecule has 3 rings (SSSR count). The van der Waals surface area contributed by atoms with E-state index < -0.39 is 0 Å². The standard InChI is InChI=1S/C21H27FN2/c1-3-21(15-18-8-4-5-9-19(18)22)13-12-20(2,24-21)11-10-17-7-6-14-23-16-17/h4-9,14,16,24H,3,10-13,15H2,1-2H3. The number of rotatable bonds is 6. The number of aryl methyl sites for hydroxylation is 1. The molecule has 1 aromatic carbocycles. The fourth-order valence-electron chi connectivity index (χ4n) is 3.96. The van der Waals surface area contributed by atoms with Crippen molar-refractivity contribution in [3.05, 3.63) is 65.7 Å². The van der Waals surface area contributed by atoms with Crippen LogP contribution in [0.3, 0.4) is 0 Å². The quantitative estimate of drug-likeness (QED) is 0.833. The molecule has 128 valence electrons. The maximum Gasteiger partial charge on any atom is 0.126 e. The van der Waals surface area contributed by atoms with E-state index in [-0.39, 0.29) is 16.9 Å². The zero-order valence-electron chi connectivity index (χ0n) is 14.7. The van der Waals surface area contributed by atoms with E-state index in [9.17, 15) is 4.39 Å². The van der Waals surface area contributed by atoms with Crippen molar-refractivity contribution < 1.29 is 4.39 Å². The van der Waals surface area contributed by atoms with Crippen LogP contribution in [-0.2, 0) is 12.8 Å². The topological polar surface area (TPSA) is 24.9 Å². The smallest absolute Gasteiger partial charge is 0.126 e. The first-order valence-electron chi connectivity index (χ1n) is 8.96. The lowest BCUT2D eigenvalue weighted by atomic mass is 9.86. The molecule has 2 heterocycles. The third-order valence-corrected chi connectivity index (χ3v) is 5.57. The minimum atomic E-state index is -0.0870. The molecular formula is C21H27FN2. The summed E-state index contributed by atoms with van der Waals surface area (Å²) in [4.78, 5) is 4.20. The SMILES string of the molecule is CCC1(Cc2ccccc2F)CCC(C)(CCc2cccnc2)N1. The van der Waals surface area contributed by atoms with Crippen LogP contribution in [-0.4, -0.2) is 16.1 Å². The van der Waals surface area contributed by atoms with Crippen molar-refractivity contribution >= 4 is 0 Å². The van der Waals surface area contributed by atoms with Crippen LogP contribution in [0.25, 0.3) is 0 Å². The van der Waals surface area contributed by atoms with Crippen LogP contribution < -0.4 is 5.32 Å². The number of pyridine rings is 1. The van der Waals surface area contributed by atoms with Gasteiger partial charge in [0.1, 0.15) is 5.82 Å². The predicted molar refractivity (Wildman–Crippen MR) is 96.5 cm³/mol. The Hall–Kier alpha value is -1.74. The molecule has 2 unspecified atom stereocenters. The highest BCUT2D eigenvalue weighted by Crippen LogP contribution is 2.38. The van der Waals surface area contributed by atoms with Gasteiger partial charge in [-0.3, -0.25) is 4.98 Å². The molecule has 0 spiro atoms. The molecule has 2 aromatic rings. The van der Waals surface area contributed by atoms with Gasteiger partial charge in [0.2, 0.25) is 0 Å². The molecule has 1 aliphatic heterocycles. The number of halogens is 1. The van der Waals surface area contributed by atoms with Crippen molar-refractivity contribution in [1.82, 2.24) is 10.3 Å². The van der Waals surface area contributed by atoms with Crippen molar-refractivity contribution in [2.75, 3.05) is 0 Å². The maximum absolute atomic E-state index is 14.1. The lowest BCUT2D eigenvalue weighted by molar-refractivity contribution is 0.282. The first-order chi connectivity index (χ1) is 11.5. The summed E-state index contributed by atoms with van der Waals surface area (Å²) in [5, 5.41) is 3.89. The van der Waals surface area contributed by atoms with E-state index in [0.29, 0.717) is 0 Å². The highest BCUT2D eigenvalue weighted by molar-refractivity contribution is 5.22. The second kappa shape index (κ2) is 7.02. The minimum absolute atomic E-state index is 0.00583. The molecule has 0 saturated carbocycles. The van der Waals surface area contributed by atoms with E-state index in [1.54, 1.807) is 12.1 Å². The molecule has 0 bridgehead atoms. The van der Waals surface area contributed by atoms with E-state index >= 15 is 0 Å². The van der Waals surface area contributed by atoms with Crippen LogP contribution in [0.5, 0.6) is 0 Å². The molecule has 0 amide bonds. The molecule has 1 saturated heterocycles. The second-order valence-corrected chi connectivity index (χ2v) is 7.45. The summed E-state index contributed by atoms with van der Waals surface area (Å²) in [6.07, 6.45) is 9.88. The summed E-state index contributed by atoms with van der Waals surface area (Å²) >= 11 is 0. The summed E-state index contributed by atoms with van der Waals surface area (Å²) < 4.78 is 14.1. The average Bonchev–Trinajstić information content (AvgIpc) is 2.94.